The highest BCUT2D eigenvalue weighted by atomic mass is 32.1. The van der Waals surface area contributed by atoms with Gasteiger partial charge in [-0.05, 0) is 12.8 Å². The van der Waals surface area contributed by atoms with Crippen molar-refractivity contribution < 1.29 is 14.6 Å². The van der Waals surface area contributed by atoms with Crippen LogP contribution in [-0.4, -0.2) is 41.4 Å². The molecule has 2 unspecified atom stereocenters. The molecule has 0 amide bonds. The zero-order valence-electron chi connectivity index (χ0n) is 11.5. The zero-order chi connectivity index (χ0) is 13.9. The van der Waals surface area contributed by atoms with Crippen LogP contribution in [0.2, 0.25) is 0 Å². The molecule has 1 aliphatic carbocycles. The fourth-order valence-corrected chi connectivity index (χ4v) is 4.06. The van der Waals surface area contributed by atoms with Crippen molar-refractivity contribution >= 4 is 22.4 Å². The van der Waals surface area contributed by atoms with E-state index in [2.05, 4.69) is 9.88 Å². The van der Waals surface area contributed by atoms with E-state index in [4.69, 9.17) is 9.84 Å². The first kappa shape index (κ1) is 13.8. The van der Waals surface area contributed by atoms with E-state index in [-0.39, 0.29) is 6.42 Å². The molecule has 2 heterocycles. The Morgan fingerprint density at radius 1 is 1.50 bits per heavy atom. The Bertz CT molecular complexity index is 475. The van der Waals surface area contributed by atoms with Crippen molar-refractivity contribution in [1.82, 2.24) is 4.98 Å². The summed E-state index contributed by atoms with van der Waals surface area (Å²) in [4.78, 5) is 17.6. The molecular formula is C14H20N2O3S. The molecule has 0 spiro atoms. The highest BCUT2D eigenvalue weighted by Crippen LogP contribution is 2.33. The Hall–Kier alpha value is -1.14. The van der Waals surface area contributed by atoms with Crippen molar-refractivity contribution in [3.05, 3.63) is 11.1 Å². The highest BCUT2D eigenvalue weighted by molar-refractivity contribution is 7.13. The van der Waals surface area contributed by atoms with E-state index in [1.807, 2.05) is 5.38 Å². The topological polar surface area (TPSA) is 62.7 Å². The molecule has 1 saturated heterocycles. The summed E-state index contributed by atoms with van der Waals surface area (Å²) < 4.78 is 5.88. The van der Waals surface area contributed by atoms with Gasteiger partial charge in [0.1, 0.15) is 0 Å². The molecule has 20 heavy (non-hydrogen) atoms. The third-order valence-electron chi connectivity index (χ3n) is 4.11. The van der Waals surface area contributed by atoms with E-state index in [1.54, 1.807) is 11.3 Å². The summed E-state index contributed by atoms with van der Waals surface area (Å²) in [5.41, 5.74) is 0.895. The van der Waals surface area contributed by atoms with E-state index in [0.717, 1.165) is 30.4 Å². The third kappa shape index (κ3) is 2.96. The van der Waals surface area contributed by atoms with Crippen LogP contribution in [-0.2, 0) is 16.0 Å². The summed E-state index contributed by atoms with van der Waals surface area (Å²) in [6, 6.07) is 0.455. The summed E-state index contributed by atoms with van der Waals surface area (Å²) in [6.45, 7) is 1.66. The van der Waals surface area contributed by atoms with Crippen LogP contribution in [0, 0.1) is 0 Å². The SMILES string of the molecule is O=C(O)CCc1csc(N2CCOC3CCCCC32)n1. The van der Waals surface area contributed by atoms with Gasteiger partial charge in [-0.25, -0.2) is 4.98 Å². The Kier molecular flexibility index (Phi) is 4.21. The average molecular weight is 296 g/mol. The predicted octanol–water partition coefficient (Wildman–Crippen LogP) is 2.31. The van der Waals surface area contributed by atoms with Crippen molar-refractivity contribution in [3.8, 4) is 0 Å². The Labute approximate surface area is 122 Å². The summed E-state index contributed by atoms with van der Waals surface area (Å²) >= 11 is 1.63. The number of aliphatic carboxylic acids is 1. The minimum absolute atomic E-state index is 0.151. The van der Waals surface area contributed by atoms with Gasteiger partial charge in [-0.1, -0.05) is 12.8 Å². The number of carboxylic acid groups (broad SMARTS) is 1. The van der Waals surface area contributed by atoms with E-state index in [0.29, 0.717) is 18.6 Å². The quantitative estimate of drug-likeness (QED) is 0.923. The number of nitrogens with zero attached hydrogens (tertiary/aromatic N) is 2. The summed E-state index contributed by atoms with van der Waals surface area (Å²) in [5.74, 6) is -0.765. The molecule has 5 nitrogen and oxygen atoms in total. The van der Waals surface area contributed by atoms with Gasteiger partial charge in [-0.3, -0.25) is 4.79 Å². The van der Waals surface area contributed by atoms with Crippen molar-refractivity contribution in [2.75, 3.05) is 18.1 Å². The third-order valence-corrected chi connectivity index (χ3v) is 5.04. The second kappa shape index (κ2) is 6.10. The minimum Gasteiger partial charge on any atom is -0.481 e. The van der Waals surface area contributed by atoms with Gasteiger partial charge in [0.05, 0.1) is 30.9 Å². The number of carboxylic acids is 1. The zero-order valence-corrected chi connectivity index (χ0v) is 12.3. The highest BCUT2D eigenvalue weighted by Gasteiger charge is 2.35. The normalized spacial score (nSPS) is 26.3. The van der Waals surface area contributed by atoms with E-state index >= 15 is 0 Å². The maximum absolute atomic E-state index is 10.6. The second-order valence-electron chi connectivity index (χ2n) is 5.47. The minimum atomic E-state index is -0.765. The Balaban J connectivity index is 1.69. The van der Waals surface area contributed by atoms with Crippen molar-refractivity contribution in [2.24, 2.45) is 0 Å². The fourth-order valence-electron chi connectivity index (χ4n) is 3.11. The van der Waals surface area contributed by atoms with Crippen LogP contribution < -0.4 is 4.90 Å². The smallest absolute Gasteiger partial charge is 0.303 e. The first-order chi connectivity index (χ1) is 9.74. The van der Waals surface area contributed by atoms with Crippen molar-refractivity contribution in [3.63, 3.8) is 0 Å². The molecule has 1 N–H and O–H groups in total. The second-order valence-corrected chi connectivity index (χ2v) is 6.31. The largest absolute Gasteiger partial charge is 0.481 e. The Morgan fingerprint density at radius 3 is 3.20 bits per heavy atom. The fraction of sp³-hybridized carbons (Fsp3) is 0.714. The summed E-state index contributed by atoms with van der Waals surface area (Å²) in [7, 11) is 0. The number of morpholine rings is 1. The number of fused-ring (bicyclic) bond motifs is 1. The number of hydrogen-bond acceptors (Lipinski definition) is 5. The van der Waals surface area contributed by atoms with Gasteiger partial charge in [0.25, 0.3) is 0 Å². The first-order valence-electron chi connectivity index (χ1n) is 7.28. The standard InChI is InChI=1S/C14H20N2O3S/c17-13(18)6-5-10-9-20-14(15-10)16-7-8-19-12-4-2-1-3-11(12)16/h9,11-12H,1-8H2,(H,17,18). The molecule has 0 aromatic carbocycles. The number of aromatic nitrogens is 1. The number of carbonyl (C=O) groups is 1. The lowest BCUT2D eigenvalue weighted by atomic mass is 9.90. The van der Waals surface area contributed by atoms with Gasteiger partial charge in [0.15, 0.2) is 5.13 Å². The summed E-state index contributed by atoms with van der Waals surface area (Å²) in [6.07, 6.45) is 5.87. The number of ether oxygens (including phenoxy) is 1. The van der Waals surface area contributed by atoms with Crippen LogP contribution in [0.5, 0.6) is 0 Å². The van der Waals surface area contributed by atoms with E-state index in [9.17, 15) is 4.79 Å². The maximum atomic E-state index is 10.6. The molecule has 0 radical (unpaired) electrons. The lowest BCUT2D eigenvalue weighted by molar-refractivity contribution is -0.136. The van der Waals surface area contributed by atoms with Crippen LogP contribution in [0.1, 0.15) is 37.8 Å². The number of rotatable bonds is 4. The predicted molar refractivity (Wildman–Crippen MR) is 77.4 cm³/mol. The summed E-state index contributed by atoms with van der Waals surface area (Å²) in [5, 5.41) is 11.8. The molecule has 110 valence electrons. The van der Waals surface area contributed by atoms with Gasteiger partial charge < -0.3 is 14.7 Å². The van der Waals surface area contributed by atoms with Crippen molar-refractivity contribution in [1.29, 1.82) is 0 Å². The van der Waals surface area contributed by atoms with Gasteiger partial charge in [0.2, 0.25) is 0 Å². The van der Waals surface area contributed by atoms with E-state index < -0.39 is 5.97 Å². The molecule has 3 rings (SSSR count). The molecule has 2 aliphatic rings. The average Bonchev–Trinajstić information content (AvgIpc) is 2.93. The molecule has 2 atom stereocenters. The molecular weight excluding hydrogens is 276 g/mol. The number of aryl methyl sites for hydroxylation is 1. The Morgan fingerprint density at radius 2 is 2.35 bits per heavy atom. The van der Waals surface area contributed by atoms with Gasteiger partial charge >= 0.3 is 5.97 Å². The molecule has 1 aromatic rings. The molecule has 1 saturated carbocycles. The van der Waals surface area contributed by atoms with Gasteiger partial charge in [0, 0.05) is 18.3 Å². The molecule has 6 heteroatoms. The van der Waals surface area contributed by atoms with Crippen LogP contribution in [0.3, 0.4) is 0 Å². The van der Waals surface area contributed by atoms with E-state index in [1.165, 1.54) is 19.3 Å². The first-order valence-corrected chi connectivity index (χ1v) is 8.16. The maximum Gasteiger partial charge on any atom is 0.303 e. The lowest BCUT2D eigenvalue weighted by Gasteiger charge is -2.43. The number of thiazole rings is 1. The monoisotopic (exact) mass is 296 g/mol. The van der Waals surface area contributed by atoms with Crippen LogP contribution in [0.15, 0.2) is 5.38 Å². The number of hydrogen-bond donors (Lipinski definition) is 1. The van der Waals surface area contributed by atoms with Crippen LogP contribution in [0.4, 0.5) is 5.13 Å². The lowest BCUT2D eigenvalue weighted by Crippen LogP contribution is -2.52. The van der Waals surface area contributed by atoms with Gasteiger partial charge in [-0.15, -0.1) is 11.3 Å². The molecule has 0 bridgehead atoms. The van der Waals surface area contributed by atoms with Crippen molar-refractivity contribution in [2.45, 2.75) is 50.7 Å². The van der Waals surface area contributed by atoms with Crippen LogP contribution in [0.25, 0.3) is 0 Å². The molecule has 2 fully saturated rings. The molecule has 1 aliphatic heterocycles. The van der Waals surface area contributed by atoms with Gasteiger partial charge in [-0.2, -0.15) is 0 Å². The molecule has 1 aromatic heterocycles. The number of anilines is 1. The van der Waals surface area contributed by atoms with Crippen LogP contribution >= 0.6 is 11.3 Å².